The molecule has 0 atom stereocenters. The maximum Gasteiger partial charge on any atom is 0.338 e. The Morgan fingerprint density at radius 3 is 2.40 bits per heavy atom. The molecule has 106 valence electrons. The van der Waals surface area contributed by atoms with Crippen molar-refractivity contribution in [1.82, 2.24) is 4.57 Å². The molecule has 1 N–H and O–H groups in total. The number of esters is 1. The van der Waals surface area contributed by atoms with E-state index < -0.39 is 0 Å². The molecule has 4 heteroatoms. The molecule has 4 nitrogen and oxygen atoms in total. The molecule has 1 aromatic carbocycles. The van der Waals surface area contributed by atoms with Crippen molar-refractivity contribution < 1.29 is 14.6 Å². The standard InChI is InChI=1S/C16H19NO3/c1-4-20-16(19)13-5-7-15(8-6-13)17-11(2)9-14(10-18)12(17)3/h5-9,18H,4,10H2,1-3H3. The quantitative estimate of drug-likeness (QED) is 0.871. The minimum atomic E-state index is -0.309. The Hall–Kier alpha value is -2.07. The lowest BCUT2D eigenvalue weighted by atomic mass is 10.2. The molecule has 0 fully saturated rings. The highest BCUT2D eigenvalue weighted by atomic mass is 16.5. The van der Waals surface area contributed by atoms with Gasteiger partial charge in [0.2, 0.25) is 0 Å². The Bertz CT molecular complexity index is 611. The van der Waals surface area contributed by atoms with Crippen LogP contribution in [0.25, 0.3) is 5.69 Å². The number of carbonyl (C=O) groups excluding carboxylic acids is 1. The van der Waals surface area contributed by atoms with Gasteiger partial charge in [0.15, 0.2) is 0 Å². The molecule has 0 aliphatic heterocycles. The van der Waals surface area contributed by atoms with E-state index in [1.54, 1.807) is 19.1 Å². The van der Waals surface area contributed by atoms with Crippen molar-refractivity contribution in [2.75, 3.05) is 6.61 Å². The van der Waals surface area contributed by atoms with Crippen LogP contribution in [0, 0.1) is 13.8 Å². The molecule has 0 saturated heterocycles. The maximum absolute atomic E-state index is 11.6. The minimum Gasteiger partial charge on any atom is -0.462 e. The van der Waals surface area contributed by atoms with Crippen molar-refractivity contribution in [3.8, 4) is 5.69 Å². The average molecular weight is 273 g/mol. The van der Waals surface area contributed by atoms with E-state index in [4.69, 9.17) is 4.74 Å². The smallest absolute Gasteiger partial charge is 0.338 e. The molecule has 0 unspecified atom stereocenters. The number of rotatable bonds is 4. The van der Waals surface area contributed by atoms with Crippen LogP contribution in [0.1, 0.15) is 34.2 Å². The van der Waals surface area contributed by atoms with Gasteiger partial charge in [0, 0.05) is 17.1 Å². The van der Waals surface area contributed by atoms with E-state index in [0.29, 0.717) is 12.2 Å². The van der Waals surface area contributed by atoms with Crippen LogP contribution in [0.5, 0.6) is 0 Å². The van der Waals surface area contributed by atoms with Gasteiger partial charge >= 0.3 is 5.97 Å². The Kier molecular flexibility index (Phi) is 4.25. The fourth-order valence-corrected chi connectivity index (χ4v) is 2.35. The summed E-state index contributed by atoms with van der Waals surface area (Å²) in [7, 11) is 0. The van der Waals surface area contributed by atoms with Gasteiger partial charge in [-0.15, -0.1) is 0 Å². The molecule has 0 saturated carbocycles. The van der Waals surface area contributed by atoms with Crippen molar-refractivity contribution in [1.29, 1.82) is 0 Å². The SMILES string of the molecule is CCOC(=O)c1ccc(-n2c(C)cc(CO)c2C)cc1. The van der Waals surface area contributed by atoms with Crippen LogP contribution >= 0.6 is 0 Å². The zero-order valence-corrected chi connectivity index (χ0v) is 12.0. The Morgan fingerprint density at radius 1 is 1.25 bits per heavy atom. The van der Waals surface area contributed by atoms with Gasteiger partial charge in [0.1, 0.15) is 0 Å². The maximum atomic E-state index is 11.6. The zero-order valence-electron chi connectivity index (χ0n) is 12.0. The predicted molar refractivity (Wildman–Crippen MR) is 77.1 cm³/mol. The summed E-state index contributed by atoms with van der Waals surface area (Å²) in [5.74, 6) is -0.309. The fraction of sp³-hybridized carbons (Fsp3) is 0.312. The van der Waals surface area contributed by atoms with Crippen molar-refractivity contribution >= 4 is 5.97 Å². The third-order valence-electron chi connectivity index (χ3n) is 3.34. The monoisotopic (exact) mass is 273 g/mol. The summed E-state index contributed by atoms with van der Waals surface area (Å²) in [6.45, 7) is 6.15. The van der Waals surface area contributed by atoms with E-state index >= 15 is 0 Å². The first-order valence-electron chi connectivity index (χ1n) is 6.64. The van der Waals surface area contributed by atoms with Crippen LogP contribution in [-0.4, -0.2) is 22.2 Å². The number of aliphatic hydroxyl groups is 1. The number of ether oxygens (including phenoxy) is 1. The van der Waals surface area contributed by atoms with E-state index in [9.17, 15) is 9.90 Å². The molecule has 0 spiro atoms. The van der Waals surface area contributed by atoms with Gasteiger partial charge in [0.25, 0.3) is 0 Å². The summed E-state index contributed by atoms with van der Waals surface area (Å²) in [6.07, 6.45) is 0. The second kappa shape index (κ2) is 5.92. The molecule has 2 rings (SSSR count). The summed E-state index contributed by atoms with van der Waals surface area (Å²) >= 11 is 0. The van der Waals surface area contributed by atoms with Crippen LogP contribution in [0.4, 0.5) is 0 Å². The summed E-state index contributed by atoms with van der Waals surface area (Å²) in [6, 6.07) is 9.24. The lowest BCUT2D eigenvalue weighted by Gasteiger charge is -2.10. The van der Waals surface area contributed by atoms with Crippen LogP contribution in [0.15, 0.2) is 30.3 Å². The van der Waals surface area contributed by atoms with Crippen molar-refractivity contribution in [3.05, 3.63) is 52.8 Å². The highest BCUT2D eigenvalue weighted by Crippen LogP contribution is 2.21. The molecule has 1 aromatic heterocycles. The third-order valence-corrected chi connectivity index (χ3v) is 3.34. The number of aromatic nitrogens is 1. The first kappa shape index (κ1) is 14.3. The summed E-state index contributed by atoms with van der Waals surface area (Å²) in [5.41, 5.74) is 4.48. The third kappa shape index (κ3) is 2.60. The molecule has 0 bridgehead atoms. The molecule has 1 heterocycles. The van der Waals surface area contributed by atoms with Gasteiger partial charge in [-0.25, -0.2) is 4.79 Å². The Labute approximate surface area is 118 Å². The number of hydrogen-bond acceptors (Lipinski definition) is 3. The van der Waals surface area contributed by atoms with Crippen molar-refractivity contribution in [2.45, 2.75) is 27.4 Å². The Morgan fingerprint density at radius 2 is 1.90 bits per heavy atom. The van der Waals surface area contributed by atoms with E-state index in [2.05, 4.69) is 4.57 Å². The predicted octanol–water partition coefficient (Wildman–Crippen LogP) is 2.76. The number of aryl methyl sites for hydroxylation is 1. The fourth-order valence-electron chi connectivity index (χ4n) is 2.35. The molecular weight excluding hydrogens is 254 g/mol. The second-order valence-electron chi connectivity index (χ2n) is 4.66. The molecule has 0 aliphatic carbocycles. The van der Waals surface area contributed by atoms with Gasteiger partial charge < -0.3 is 14.4 Å². The van der Waals surface area contributed by atoms with Crippen LogP contribution in [0.3, 0.4) is 0 Å². The number of nitrogens with zero attached hydrogens (tertiary/aromatic N) is 1. The van der Waals surface area contributed by atoms with Gasteiger partial charge in [-0.2, -0.15) is 0 Å². The topological polar surface area (TPSA) is 51.5 Å². The van der Waals surface area contributed by atoms with Crippen LogP contribution < -0.4 is 0 Å². The van der Waals surface area contributed by atoms with Gasteiger partial charge in [-0.05, 0) is 56.7 Å². The molecular formula is C16H19NO3. The van der Waals surface area contributed by atoms with Crippen molar-refractivity contribution in [3.63, 3.8) is 0 Å². The number of benzene rings is 1. The molecule has 0 aliphatic rings. The largest absolute Gasteiger partial charge is 0.462 e. The van der Waals surface area contributed by atoms with Crippen LogP contribution in [-0.2, 0) is 11.3 Å². The minimum absolute atomic E-state index is 0.0284. The number of aliphatic hydroxyl groups excluding tert-OH is 1. The number of carbonyl (C=O) groups is 1. The van der Waals surface area contributed by atoms with Gasteiger partial charge in [0.05, 0.1) is 18.8 Å². The van der Waals surface area contributed by atoms with Gasteiger partial charge in [-0.3, -0.25) is 0 Å². The van der Waals surface area contributed by atoms with E-state index in [0.717, 1.165) is 22.6 Å². The van der Waals surface area contributed by atoms with Gasteiger partial charge in [-0.1, -0.05) is 0 Å². The molecule has 20 heavy (non-hydrogen) atoms. The first-order valence-corrected chi connectivity index (χ1v) is 6.64. The summed E-state index contributed by atoms with van der Waals surface area (Å²) in [4.78, 5) is 11.6. The normalized spacial score (nSPS) is 10.6. The zero-order chi connectivity index (χ0) is 14.7. The highest BCUT2D eigenvalue weighted by Gasteiger charge is 2.11. The lowest BCUT2D eigenvalue weighted by Crippen LogP contribution is -2.05. The Balaban J connectivity index is 2.35. The first-order chi connectivity index (χ1) is 9.58. The van der Waals surface area contributed by atoms with Crippen LogP contribution in [0.2, 0.25) is 0 Å². The lowest BCUT2D eigenvalue weighted by molar-refractivity contribution is 0.0526. The number of hydrogen-bond donors (Lipinski definition) is 1. The summed E-state index contributed by atoms with van der Waals surface area (Å²) < 4.78 is 7.02. The molecule has 2 aromatic rings. The second-order valence-corrected chi connectivity index (χ2v) is 4.66. The molecule has 0 radical (unpaired) electrons. The van der Waals surface area contributed by atoms with E-state index in [1.165, 1.54) is 0 Å². The van der Waals surface area contributed by atoms with E-state index in [1.807, 2.05) is 32.0 Å². The molecule has 0 amide bonds. The summed E-state index contributed by atoms with van der Waals surface area (Å²) in [5, 5.41) is 9.30. The van der Waals surface area contributed by atoms with Crippen molar-refractivity contribution in [2.24, 2.45) is 0 Å². The highest BCUT2D eigenvalue weighted by molar-refractivity contribution is 5.89. The van der Waals surface area contributed by atoms with E-state index in [-0.39, 0.29) is 12.6 Å². The average Bonchev–Trinajstić information content (AvgIpc) is 2.74.